The number of nitrogens with zero attached hydrogens (tertiary/aromatic N) is 4. The third kappa shape index (κ3) is 4.60. The number of benzene rings is 1. The molecule has 0 atom stereocenters. The van der Waals surface area contributed by atoms with Crippen molar-refractivity contribution >= 4 is 21.1 Å². The first-order chi connectivity index (χ1) is 15.6. The third-order valence-electron chi connectivity index (χ3n) is 7.35. The van der Waals surface area contributed by atoms with E-state index in [2.05, 4.69) is 16.4 Å². The van der Waals surface area contributed by atoms with Gasteiger partial charge in [0.05, 0.1) is 35.7 Å². The van der Waals surface area contributed by atoms with E-state index in [1.165, 1.54) is 55.8 Å². The fourth-order valence-electron chi connectivity index (χ4n) is 5.39. The standard InChI is InChI=1S/C24H36N4O3S/c1-2-28-23-11-10-21(32(29,30)27-12-14-31-15-13-27)16-22(23)25-24(28)18-26(20-8-9-20)17-19-6-4-3-5-7-19/h10-11,16,19-20H,2-9,12-15,17-18H2,1H3. The van der Waals surface area contributed by atoms with E-state index in [0.717, 1.165) is 35.9 Å². The smallest absolute Gasteiger partial charge is 0.243 e. The van der Waals surface area contributed by atoms with Gasteiger partial charge in [-0.05, 0) is 56.7 Å². The Morgan fingerprint density at radius 1 is 1.09 bits per heavy atom. The summed E-state index contributed by atoms with van der Waals surface area (Å²) in [5.74, 6) is 1.88. The number of fused-ring (bicyclic) bond motifs is 1. The van der Waals surface area contributed by atoms with Gasteiger partial charge < -0.3 is 9.30 Å². The molecule has 176 valence electrons. The van der Waals surface area contributed by atoms with Gasteiger partial charge in [-0.15, -0.1) is 0 Å². The minimum atomic E-state index is -3.52. The van der Waals surface area contributed by atoms with Crippen LogP contribution in [0.3, 0.4) is 0 Å². The van der Waals surface area contributed by atoms with E-state index in [0.29, 0.717) is 37.2 Å². The van der Waals surface area contributed by atoms with Crippen LogP contribution in [0.1, 0.15) is 57.7 Å². The lowest BCUT2D eigenvalue weighted by Gasteiger charge is -2.29. The normalized spacial score (nSPS) is 21.6. The lowest BCUT2D eigenvalue weighted by Crippen LogP contribution is -2.40. The minimum Gasteiger partial charge on any atom is -0.379 e. The Balaban J connectivity index is 1.40. The van der Waals surface area contributed by atoms with Gasteiger partial charge in [-0.1, -0.05) is 19.3 Å². The summed E-state index contributed by atoms with van der Waals surface area (Å²) >= 11 is 0. The van der Waals surface area contributed by atoms with Crippen molar-refractivity contribution in [2.24, 2.45) is 5.92 Å². The Labute approximate surface area is 191 Å². The SMILES string of the molecule is CCn1c(CN(CC2CCCCC2)C2CC2)nc2cc(S(=O)(=O)N3CCOCC3)ccc21. The van der Waals surface area contributed by atoms with Crippen molar-refractivity contribution in [3.8, 4) is 0 Å². The van der Waals surface area contributed by atoms with Gasteiger partial charge in [0, 0.05) is 32.2 Å². The minimum absolute atomic E-state index is 0.334. The van der Waals surface area contributed by atoms with Crippen LogP contribution in [0.15, 0.2) is 23.1 Å². The van der Waals surface area contributed by atoms with E-state index in [1.807, 2.05) is 6.07 Å². The largest absolute Gasteiger partial charge is 0.379 e. The summed E-state index contributed by atoms with van der Waals surface area (Å²) in [6.45, 7) is 6.74. The quantitative estimate of drug-likeness (QED) is 0.602. The molecule has 2 aromatic rings. The summed E-state index contributed by atoms with van der Waals surface area (Å²) in [4.78, 5) is 7.94. The molecule has 3 aliphatic rings. The molecule has 0 amide bonds. The van der Waals surface area contributed by atoms with Crippen LogP contribution in [-0.4, -0.2) is 66.1 Å². The molecule has 0 bridgehead atoms. The Kier molecular flexibility index (Phi) is 6.56. The monoisotopic (exact) mass is 460 g/mol. The first-order valence-electron chi connectivity index (χ1n) is 12.4. The molecule has 2 saturated carbocycles. The average Bonchev–Trinajstić information content (AvgIpc) is 3.61. The third-order valence-corrected chi connectivity index (χ3v) is 9.24. The Bertz CT molecular complexity index is 1030. The summed E-state index contributed by atoms with van der Waals surface area (Å²) in [5, 5.41) is 0. The van der Waals surface area contributed by atoms with Gasteiger partial charge in [-0.3, -0.25) is 4.90 Å². The Morgan fingerprint density at radius 2 is 1.84 bits per heavy atom. The number of hydrogen-bond acceptors (Lipinski definition) is 5. The van der Waals surface area contributed by atoms with Crippen molar-refractivity contribution in [3.63, 3.8) is 0 Å². The molecule has 3 fully saturated rings. The molecule has 32 heavy (non-hydrogen) atoms. The topological polar surface area (TPSA) is 67.7 Å². The highest BCUT2D eigenvalue weighted by Gasteiger charge is 2.32. The van der Waals surface area contributed by atoms with E-state index >= 15 is 0 Å². The number of hydrogen-bond donors (Lipinski definition) is 0. The number of morpholine rings is 1. The number of sulfonamides is 1. The number of imidazole rings is 1. The van der Waals surface area contributed by atoms with Crippen LogP contribution in [0.2, 0.25) is 0 Å². The van der Waals surface area contributed by atoms with Crippen LogP contribution >= 0.6 is 0 Å². The highest BCUT2D eigenvalue weighted by atomic mass is 32.2. The van der Waals surface area contributed by atoms with E-state index < -0.39 is 10.0 Å². The molecule has 7 nitrogen and oxygen atoms in total. The van der Waals surface area contributed by atoms with Crippen LogP contribution in [0.5, 0.6) is 0 Å². The maximum atomic E-state index is 13.1. The van der Waals surface area contributed by atoms with Gasteiger partial charge in [0.2, 0.25) is 10.0 Å². The van der Waals surface area contributed by atoms with Gasteiger partial charge in [0.15, 0.2) is 0 Å². The highest BCUT2D eigenvalue weighted by molar-refractivity contribution is 7.89. The van der Waals surface area contributed by atoms with Gasteiger partial charge in [0.1, 0.15) is 5.82 Å². The van der Waals surface area contributed by atoms with Crippen molar-refractivity contribution in [2.75, 3.05) is 32.8 Å². The zero-order chi connectivity index (χ0) is 22.1. The van der Waals surface area contributed by atoms with Crippen LogP contribution < -0.4 is 0 Å². The molecule has 0 radical (unpaired) electrons. The number of aromatic nitrogens is 2. The first-order valence-corrected chi connectivity index (χ1v) is 13.8. The summed E-state index contributed by atoms with van der Waals surface area (Å²) in [6.07, 6.45) is 9.43. The van der Waals surface area contributed by atoms with Crippen LogP contribution in [0.25, 0.3) is 11.0 Å². The molecule has 0 N–H and O–H groups in total. The van der Waals surface area contributed by atoms with Crippen LogP contribution in [0, 0.1) is 5.92 Å². The lowest BCUT2D eigenvalue weighted by molar-refractivity contribution is 0.0730. The second kappa shape index (κ2) is 9.41. The number of rotatable bonds is 8. The van der Waals surface area contributed by atoms with Crippen LogP contribution in [-0.2, 0) is 27.8 Å². The van der Waals surface area contributed by atoms with E-state index in [4.69, 9.17) is 9.72 Å². The summed E-state index contributed by atoms with van der Waals surface area (Å²) < 4.78 is 35.3. The second-order valence-corrected chi connectivity index (χ2v) is 11.5. The fraction of sp³-hybridized carbons (Fsp3) is 0.708. The lowest BCUT2D eigenvalue weighted by atomic mass is 9.89. The zero-order valence-electron chi connectivity index (χ0n) is 19.2. The highest BCUT2D eigenvalue weighted by Crippen LogP contribution is 2.33. The number of aryl methyl sites for hydroxylation is 1. The van der Waals surface area contributed by atoms with Crippen molar-refractivity contribution in [3.05, 3.63) is 24.0 Å². The summed E-state index contributed by atoms with van der Waals surface area (Å²) in [6, 6.07) is 6.13. The molecule has 2 aliphatic carbocycles. The molecule has 2 heterocycles. The van der Waals surface area contributed by atoms with Gasteiger partial charge in [-0.25, -0.2) is 13.4 Å². The van der Waals surface area contributed by atoms with Gasteiger partial charge >= 0.3 is 0 Å². The van der Waals surface area contributed by atoms with Crippen molar-refractivity contribution in [2.45, 2.75) is 75.9 Å². The van der Waals surface area contributed by atoms with E-state index in [-0.39, 0.29) is 0 Å². The molecular formula is C24H36N4O3S. The Hall–Kier alpha value is -1.48. The molecule has 1 aliphatic heterocycles. The molecule has 0 unspecified atom stereocenters. The molecule has 1 saturated heterocycles. The summed E-state index contributed by atoms with van der Waals surface area (Å²) in [5.41, 5.74) is 1.81. The predicted octanol–water partition coefficient (Wildman–Crippen LogP) is 3.62. The van der Waals surface area contributed by atoms with Crippen LogP contribution in [0.4, 0.5) is 0 Å². The Morgan fingerprint density at radius 3 is 2.53 bits per heavy atom. The van der Waals surface area contributed by atoms with E-state index in [9.17, 15) is 8.42 Å². The molecule has 1 aromatic carbocycles. The first kappa shape index (κ1) is 22.3. The van der Waals surface area contributed by atoms with Crippen molar-refractivity contribution < 1.29 is 13.2 Å². The molecule has 0 spiro atoms. The second-order valence-electron chi connectivity index (χ2n) is 9.60. The average molecular weight is 461 g/mol. The maximum absolute atomic E-state index is 13.1. The molecule has 5 rings (SSSR count). The van der Waals surface area contributed by atoms with Gasteiger partial charge in [0.25, 0.3) is 0 Å². The number of ether oxygens (including phenoxy) is 1. The molecular weight excluding hydrogens is 424 g/mol. The van der Waals surface area contributed by atoms with Crippen molar-refractivity contribution in [1.29, 1.82) is 0 Å². The van der Waals surface area contributed by atoms with E-state index in [1.54, 1.807) is 12.1 Å². The zero-order valence-corrected chi connectivity index (χ0v) is 20.0. The predicted molar refractivity (Wildman–Crippen MR) is 125 cm³/mol. The maximum Gasteiger partial charge on any atom is 0.243 e. The molecule has 1 aromatic heterocycles. The van der Waals surface area contributed by atoms with Gasteiger partial charge in [-0.2, -0.15) is 4.31 Å². The molecule has 8 heteroatoms. The summed E-state index contributed by atoms with van der Waals surface area (Å²) in [7, 11) is -3.52. The fourth-order valence-corrected chi connectivity index (χ4v) is 6.82. The van der Waals surface area contributed by atoms with Crippen molar-refractivity contribution in [1.82, 2.24) is 18.8 Å².